The molecular weight excluding hydrogens is 451 g/mol. The predicted molar refractivity (Wildman–Crippen MR) is 131 cm³/mol. The van der Waals surface area contributed by atoms with Crippen LogP contribution in [0.25, 0.3) is 11.0 Å². The Kier molecular flexibility index (Phi) is 6.86. The minimum absolute atomic E-state index is 0.0200. The minimum Gasteiger partial charge on any atom is -0.497 e. The molecule has 4 aromatic rings. The molecule has 1 N–H and O–H groups in total. The summed E-state index contributed by atoms with van der Waals surface area (Å²) >= 11 is 0. The van der Waals surface area contributed by atoms with Crippen molar-refractivity contribution in [3.05, 3.63) is 94.5 Å². The number of benzene rings is 3. The Balaban J connectivity index is 1.72. The number of ether oxygens (including phenoxy) is 1. The quantitative estimate of drug-likeness (QED) is 0.441. The summed E-state index contributed by atoms with van der Waals surface area (Å²) in [4.78, 5) is 44.5. The number of methoxy groups -OCH3 is 1. The number of hydrogen-bond donors (Lipinski definition) is 1. The monoisotopic (exact) mass is 474 g/mol. The summed E-state index contributed by atoms with van der Waals surface area (Å²) in [6.07, 6.45) is 0. The first-order valence-corrected chi connectivity index (χ1v) is 10.8. The van der Waals surface area contributed by atoms with Gasteiger partial charge in [-0.1, -0.05) is 30.3 Å². The fraction of sp³-hybridized carbons (Fsp3) is 0.154. The van der Waals surface area contributed by atoms with Gasteiger partial charge in [0.1, 0.15) is 18.1 Å². The van der Waals surface area contributed by atoms with E-state index in [-0.39, 0.29) is 18.9 Å². The van der Waals surface area contributed by atoms with Gasteiger partial charge in [0.25, 0.3) is 5.56 Å². The van der Waals surface area contributed by atoms with Crippen LogP contribution in [0.1, 0.15) is 12.5 Å². The van der Waals surface area contributed by atoms with Crippen LogP contribution in [0.3, 0.4) is 0 Å². The van der Waals surface area contributed by atoms with Crippen LogP contribution in [-0.4, -0.2) is 28.5 Å². The highest BCUT2D eigenvalue weighted by Gasteiger charge is 2.22. The first kappa shape index (κ1) is 23.6. The van der Waals surface area contributed by atoms with Gasteiger partial charge in [0.15, 0.2) is 0 Å². The fourth-order valence-corrected chi connectivity index (χ4v) is 3.66. The summed E-state index contributed by atoms with van der Waals surface area (Å²) in [6.45, 7) is 1.04. The number of nitrogens with one attached hydrogen (secondary N) is 1. The summed E-state index contributed by atoms with van der Waals surface area (Å²) in [7, 11) is 1.53. The number of amides is 2. The molecule has 0 aliphatic carbocycles. The maximum absolute atomic E-state index is 13.5. The van der Waals surface area contributed by atoms with Gasteiger partial charge in [-0.2, -0.15) is 0 Å². The van der Waals surface area contributed by atoms with Crippen LogP contribution in [0.15, 0.2) is 77.6 Å². The number of aromatic nitrogens is 2. The van der Waals surface area contributed by atoms with Crippen molar-refractivity contribution in [1.82, 2.24) is 9.55 Å². The van der Waals surface area contributed by atoms with Gasteiger partial charge in [0.2, 0.25) is 17.6 Å². The second-order valence-electron chi connectivity index (χ2n) is 7.83. The van der Waals surface area contributed by atoms with Crippen LogP contribution in [0, 0.1) is 5.82 Å². The Bertz CT molecular complexity index is 1450. The number of fused-ring (bicyclic) bond motifs is 1. The maximum atomic E-state index is 13.5. The van der Waals surface area contributed by atoms with E-state index in [2.05, 4.69) is 10.3 Å². The number of anilines is 2. The third-order valence-electron chi connectivity index (χ3n) is 5.38. The van der Waals surface area contributed by atoms with Gasteiger partial charge in [-0.15, -0.1) is 0 Å². The molecule has 0 spiro atoms. The Hall–Kier alpha value is -4.53. The van der Waals surface area contributed by atoms with Gasteiger partial charge in [-0.3, -0.25) is 23.9 Å². The molecule has 1 aromatic heterocycles. The third-order valence-corrected chi connectivity index (χ3v) is 5.38. The summed E-state index contributed by atoms with van der Waals surface area (Å²) in [6, 6.07) is 19.4. The van der Waals surface area contributed by atoms with E-state index >= 15 is 0 Å². The lowest BCUT2D eigenvalue weighted by Gasteiger charge is -2.21. The van der Waals surface area contributed by atoms with Gasteiger partial charge in [0, 0.05) is 18.7 Å². The first-order chi connectivity index (χ1) is 16.9. The number of nitrogens with zero attached hydrogens (tertiary/aromatic N) is 3. The minimum atomic E-state index is -0.596. The number of halogens is 1. The van der Waals surface area contributed by atoms with Crippen molar-refractivity contribution in [3.8, 4) is 5.75 Å². The maximum Gasteiger partial charge on any atom is 0.294 e. The molecule has 3 aromatic carbocycles. The Morgan fingerprint density at radius 1 is 1.06 bits per heavy atom. The molecule has 9 heteroatoms. The van der Waals surface area contributed by atoms with Crippen LogP contribution in [-0.2, 0) is 22.7 Å². The molecule has 0 radical (unpaired) electrons. The molecule has 0 saturated heterocycles. The highest BCUT2D eigenvalue weighted by Crippen LogP contribution is 2.19. The normalized spacial score (nSPS) is 10.7. The topological polar surface area (TPSA) is 93.5 Å². The largest absolute Gasteiger partial charge is 0.497 e. The molecule has 1 heterocycles. The van der Waals surface area contributed by atoms with E-state index in [4.69, 9.17) is 4.74 Å². The molecule has 0 fully saturated rings. The zero-order chi connectivity index (χ0) is 24.9. The number of carbonyl (C=O) groups excluding carboxylic acids is 2. The number of hydrogen-bond acceptors (Lipinski definition) is 5. The third kappa shape index (κ3) is 5.35. The van der Waals surface area contributed by atoms with Gasteiger partial charge in [-0.05, 0) is 42.0 Å². The van der Waals surface area contributed by atoms with E-state index in [1.165, 1.54) is 47.8 Å². The molecule has 0 saturated carbocycles. The Morgan fingerprint density at radius 2 is 1.80 bits per heavy atom. The molecule has 178 valence electrons. The highest BCUT2D eigenvalue weighted by atomic mass is 19.1. The van der Waals surface area contributed by atoms with Crippen LogP contribution >= 0.6 is 0 Å². The summed E-state index contributed by atoms with van der Waals surface area (Å²) < 4.78 is 19.8. The molecule has 4 rings (SSSR count). The van der Waals surface area contributed by atoms with Crippen LogP contribution < -0.4 is 20.5 Å². The van der Waals surface area contributed by atoms with Crippen molar-refractivity contribution in [2.75, 3.05) is 17.3 Å². The molecule has 0 unspecified atom stereocenters. The summed E-state index contributed by atoms with van der Waals surface area (Å²) in [5, 5.41) is 2.76. The van der Waals surface area contributed by atoms with Crippen molar-refractivity contribution in [1.29, 1.82) is 0 Å². The lowest BCUT2D eigenvalue weighted by Crippen LogP contribution is -2.38. The van der Waals surface area contributed by atoms with E-state index in [1.54, 1.807) is 48.5 Å². The van der Waals surface area contributed by atoms with E-state index in [9.17, 15) is 18.8 Å². The smallest absolute Gasteiger partial charge is 0.294 e. The average Bonchev–Trinajstić information content (AvgIpc) is 2.85. The van der Waals surface area contributed by atoms with Gasteiger partial charge in [0.05, 0.1) is 24.7 Å². The number of para-hydroxylation sites is 2. The fourth-order valence-electron chi connectivity index (χ4n) is 3.66. The Labute approximate surface area is 200 Å². The molecule has 2 amide bonds. The zero-order valence-corrected chi connectivity index (χ0v) is 19.2. The first-order valence-electron chi connectivity index (χ1n) is 10.8. The second kappa shape index (κ2) is 10.2. The van der Waals surface area contributed by atoms with E-state index in [0.717, 1.165) is 0 Å². The van der Waals surface area contributed by atoms with Gasteiger partial charge in [-0.25, -0.2) is 9.37 Å². The molecule has 0 bridgehead atoms. The van der Waals surface area contributed by atoms with Crippen molar-refractivity contribution in [2.45, 2.75) is 20.0 Å². The molecular formula is C26H23FN4O4. The van der Waals surface area contributed by atoms with Crippen LogP contribution in [0.2, 0.25) is 0 Å². The molecule has 0 atom stereocenters. The Morgan fingerprint density at radius 3 is 2.51 bits per heavy atom. The summed E-state index contributed by atoms with van der Waals surface area (Å²) in [5.41, 5.74) is 1.44. The van der Waals surface area contributed by atoms with E-state index in [1.807, 2.05) is 0 Å². The van der Waals surface area contributed by atoms with Gasteiger partial charge < -0.3 is 10.1 Å². The molecule has 0 aliphatic rings. The zero-order valence-electron chi connectivity index (χ0n) is 19.2. The van der Waals surface area contributed by atoms with E-state index < -0.39 is 23.2 Å². The number of carbonyl (C=O) groups is 2. The van der Waals surface area contributed by atoms with Gasteiger partial charge >= 0.3 is 0 Å². The van der Waals surface area contributed by atoms with Crippen LogP contribution in [0.5, 0.6) is 5.75 Å². The van der Waals surface area contributed by atoms with Crippen molar-refractivity contribution < 1.29 is 18.7 Å². The van der Waals surface area contributed by atoms with Crippen molar-refractivity contribution >= 4 is 34.4 Å². The standard InChI is InChI=1S/C26H23FN4O4/c1-17(32)30(15-18-10-12-19(27)13-11-18)25-26(34)31(23-9-4-3-8-22(23)29-25)16-24(33)28-20-6-5-7-21(14-20)35-2/h3-14H,15-16H2,1-2H3,(H,28,33). The number of rotatable bonds is 7. The average molecular weight is 474 g/mol. The summed E-state index contributed by atoms with van der Waals surface area (Å²) in [5.74, 6) is -0.794. The second-order valence-corrected chi connectivity index (χ2v) is 7.83. The SMILES string of the molecule is COc1cccc(NC(=O)Cn2c(=O)c(N(Cc3ccc(F)cc3)C(C)=O)nc3ccccc32)c1. The van der Waals surface area contributed by atoms with Crippen LogP contribution in [0.4, 0.5) is 15.9 Å². The lowest BCUT2D eigenvalue weighted by molar-refractivity contribution is -0.117. The molecule has 35 heavy (non-hydrogen) atoms. The molecule has 8 nitrogen and oxygen atoms in total. The lowest BCUT2D eigenvalue weighted by atomic mass is 10.2. The predicted octanol–water partition coefficient (Wildman–Crippen LogP) is 3.74. The van der Waals surface area contributed by atoms with E-state index in [0.29, 0.717) is 28.0 Å². The highest BCUT2D eigenvalue weighted by molar-refractivity contribution is 5.93. The molecule has 0 aliphatic heterocycles. The van der Waals surface area contributed by atoms with Crippen molar-refractivity contribution in [2.24, 2.45) is 0 Å². The van der Waals surface area contributed by atoms with Crippen molar-refractivity contribution in [3.63, 3.8) is 0 Å².